The summed E-state index contributed by atoms with van der Waals surface area (Å²) in [6.07, 6.45) is 1.45. The van der Waals surface area contributed by atoms with Crippen molar-refractivity contribution < 1.29 is 19.5 Å². The number of carbonyl (C=O) groups is 3. The minimum Gasteiger partial charge on any atom is -0.481 e. The van der Waals surface area contributed by atoms with Crippen LogP contribution in [0.15, 0.2) is 48.5 Å². The Morgan fingerprint density at radius 1 is 1.11 bits per heavy atom. The van der Waals surface area contributed by atoms with Gasteiger partial charge < -0.3 is 15.3 Å². The van der Waals surface area contributed by atoms with Crippen LogP contribution in [0, 0.1) is 6.92 Å². The second kappa shape index (κ2) is 8.03. The molecule has 1 aliphatic heterocycles. The first-order chi connectivity index (χ1) is 13.0. The number of aryl methyl sites for hydroxylation is 1. The van der Waals surface area contributed by atoms with E-state index in [1.165, 1.54) is 0 Å². The Bertz CT molecular complexity index is 864. The quantitative estimate of drug-likeness (QED) is 0.850. The number of nitrogens with one attached hydrogen (secondary N) is 1. The van der Waals surface area contributed by atoms with Crippen LogP contribution in [0.5, 0.6) is 0 Å². The molecule has 1 saturated heterocycles. The van der Waals surface area contributed by atoms with E-state index in [0.29, 0.717) is 29.8 Å². The number of carbonyl (C=O) groups excluding carboxylic acids is 2. The van der Waals surface area contributed by atoms with Crippen LogP contribution in [-0.2, 0) is 4.79 Å². The van der Waals surface area contributed by atoms with E-state index < -0.39 is 5.97 Å². The van der Waals surface area contributed by atoms with E-state index >= 15 is 0 Å². The van der Waals surface area contributed by atoms with E-state index in [1.54, 1.807) is 47.4 Å². The first kappa shape index (κ1) is 18.6. The molecule has 0 bridgehead atoms. The lowest BCUT2D eigenvalue weighted by Gasteiger charge is -2.24. The second-order valence-corrected chi connectivity index (χ2v) is 6.74. The minimum atomic E-state index is -0.903. The van der Waals surface area contributed by atoms with Gasteiger partial charge in [-0.05, 0) is 49.6 Å². The van der Waals surface area contributed by atoms with E-state index in [4.69, 9.17) is 5.11 Å². The summed E-state index contributed by atoms with van der Waals surface area (Å²) < 4.78 is 0. The van der Waals surface area contributed by atoms with Gasteiger partial charge in [0.15, 0.2) is 0 Å². The summed E-state index contributed by atoms with van der Waals surface area (Å²) in [6, 6.07) is 13.7. The van der Waals surface area contributed by atoms with Gasteiger partial charge in [-0.2, -0.15) is 0 Å². The molecule has 2 aromatic rings. The molecule has 0 radical (unpaired) electrons. The van der Waals surface area contributed by atoms with Gasteiger partial charge in [0.1, 0.15) is 0 Å². The number of rotatable bonds is 5. The van der Waals surface area contributed by atoms with Gasteiger partial charge in [0, 0.05) is 29.4 Å². The van der Waals surface area contributed by atoms with Crippen LogP contribution in [0.2, 0.25) is 0 Å². The topological polar surface area (TPSA) is 86.7 Å². The van der Waals surface area contributed by atoms with E-state index in [2.05, 4.69) is 5.32 Å². The van der Waals surface area contributed by atoms with Crippen LogP contribution in [0.4, 0.5) is 5.69 Å². The van der Waals surface area contributed by atoms with Crippen molar-refractivity contribution in [1.29, 1.82) is 0 Å². The molecule has 6 heteroatoms. The number of carboxylic acids is 1. The average molecular weight is 366 g/mol. The first-order valence-corrected chi connectivity index (χ1v) is 8.95. The van der Waals surface area contributed by atoms with Gasteiger partial charge in [0.05, 0.1) is 6.42 Å². The summed E-state index contributed by atoms with van der Waals surface area (Å²) in [7, 11) is 0. The van der Waals surface area contributed by atoms with Crippen LogP contribution in [-0.4, -0.2) is 40.4 Å². The maximum absolute atomic E-state index is 12.9. The molecule has 1 aliphatic rings. The zero-order valence-corrected chi connectivity index (χ0v) is 15.1. The maximum Gasteiger partial charge on any atom is 0.305 e. The third-order valence-corrected chi connectivity index (χ3v) is 4.82. The number of carboxylic acid groups (broad SMARTS) is 1. The lowest BCUT2D eigenvalue weighted by molar-refractivity contribution is -0.137. The highest BCUT2D eigenvalue weighted by molar-refractivity contribution is 6.05. The Hall–Kier alpha value is -3.15. The normalized spacial score (nSPS) is 16.2. The SMILES string of the molecule is Cc1ccc(C(=O)N2CCCC2CC(=O)O)cc1NC(=O)c1ccccc1. The van der Waals surface area contributed by atoms with Gasteiger partial charge in [-0.1, -0.05) is 24.3 Å². The van der Waals surface area contributed by atoms with E-state index in [0.717, 1.165) is 12.0 Å². The Morgan fingerprint density at radius 2 is 1.85 bits per heavy atom. The summed E-state index contributed by atoms with van der Waals surface area (Å²) in [4.78, 5) is 37.9. The molecule has 3 rings (SSSR count). The smallest absolute Gasteiger partial charge is 0.305 e. The van der Waals surface area contributed by atoms with Crippen molar-refractivity contribution in [1.82, 2.24) is 4.90 Å². The van der Waals surface area contributed by atoms with Gasteiger partial charge in [-0.25, -0.2) is 0 Å². The van der Waals surface area contributed by atoms with Crippen molar-refractivity contribution in [3.05, 3.63) is 65.2 Å². The van der Waals surface area contributed by atoms with E-state index in [9.17, 15) is 14.4 Å². The lowest BCUT2D eigenvalue weighted by Crippen LogP contribution is -2.36. The number of likely N-dealkylation sites (tertiary alicyclic amines) is 1. The number of amides is 2. The molecule has 2 amide bonds. The van der Waals surface area contributed by atoms with E-state index in [-0.39, 0.29) is 24.3 Å². The molecule has 140 valence electrons. The summed E-state index contributed by atoms with van der Waals surface area (Å²) in [5, 5.41) is 11.9. The van der Waals surface area contributed by atoms with E-state index in [1.807, 2.05) is 13.0 Å². The predicted octanol–water partition coefficient (Wildman–Crippen LogP) is 3.33. The Labute approximate surface area is 157 Å². The zero-order chi connectivity index (χ0) is 19.4. The van der Waals surface area contributed by atoms with Crippen molar-refractivity contribution in [2.75, 3.05) is 11.9 Å². The molecule has 2 N–H and O–H groups in total. The highest BCUT2D eigenvalue weighted by Crippen LogP contribution is 2.25. The predicted molar refractivity (Wildman–Crippen MR) is 102 cm³/mol. The zero-order valence-electron chi connectivity index (χ0n) is 15.1. The molecular weight excluding hydrogens is 344 g/mol. The Kier molecular flexibility index (Phi) is 5.54. The number of hydrogen-bond acceptors (Lipinski definition) is 3. The molecule has 0 saturated carbocycles. The van der Waals surface area contributed by atoms with Crippen LogP contribution in [0.1, 0.15) is 45.5 Å². The fourth-order valence-corrected chi connectivity index (χ4v) is 3.36. The maximum atomic E-state index is 12.9. The summed E-state index contributed by atoms with van der Waals surface area (Å²) >= 11 is 0. The molecule has 27 heavy (non-hydrogen) atoms. The van der Waals surface area contributed by atoms with Crippen LogP contribution in [0.3, 0.4) is 0 Å². The third-order valence-electron chi connectivity index (χ3n) is 4.82. The standard InChI is InChI=1S/C21H22N2O4/c1-14-9-10-16(21(27)23-11-5-8-17(23)13-19(24)25)12-18(14)22-20(26)15-6-3-2-4-7-15/h2-4,6-7,9-10,12,17H,5,8,11,13H2,1H3,(H,22,26)(H,24,25). The van der Waals surface area contributed by atoms with Crippen molar-refractivity contribution in [2.24, 2.45) is 0 Å². The van der Waals surface area contributed by atoms with Gasteiger partial charge in [0.2, 0.25) is 0 Å². The van der Waals surface area contributed by atoms with Gasteiger partial charge in [0.25, 0.3) is 11.8 Å². The number of anilines is 1. The summed E-state index contributed by atoms with van der Waals surface area (Å²) in [6.45, 7) is 2.41. The highest BCUT2D eigenvalue weighted by atomic mass is 16.4. The lowest BCUT2D eigenvalue weighted by atomic mass is 10.1. The largest absolute Gasteiger partial charge is 0.481 e. The van der Waals surface area contributed by atoms with Crippen LogP contribution in [0.25, 0.3) is 0 Å². The molecule has 0 spiro atoms. The summed E-state index contributed by atoms with van der Waals surface area (Å²) in [5.41, 5.74) is 2.40. The van der Waals surface area contributed by atoms with Gasteiger partial charge >= 0.3 is 5.97 Å². The monoisotopic (exact) mass is 366 g/mol. The molecule has 1 fully saturated rings. The third kappa shape index (κ3) is 4.34. The van der Waals surface area contributed by atoms with Crippen molar-refractivity contribution in [3.63, 3.8) is 0 Å². The minimum absolute atomic E-state index is 0.0464. The Balaban J connectivity index is 1.79. The van der Waals surface area contributed by atoms with Crippen LogP contribution >= 0.6 is 0 Å². The average Bonchev–Trinajstić information content (AvgIpc) is 3.11. The van der Waals surface area contributed by atoms with Gasteiger partial charge in [-0.15, -0.1) is 0 Å². The fourth-order valence-electron chi connectivity index (χ4n) is 3.36. The molecule has 0 aromatic heterocycles. The van der Waals surface area contributed by atoms with Gasteiger partial charge in [-0.3, -0.25) is 14.4 Å². The second-order valence-electron chi connectivity index (χ2n) is 6.74. The highest BCUT2D eigenvalue weighted by Gasteiger charge is 2.31. The fraction of sp³-hybridized carbons (Fsp3) is 0.286. The molecule has 0 aliphatic carbocycles. The Morgan fingerprint density at radius 3 is 2.56 bits per heavy atom. The molecule has 6 nitrogen and oxygen atoms in total. The van der Waals surface area contributed by atoms with Crippen LogP contribution < -0.4 is 5.32 Å². The number of nitrogens with zero attached hydrogens (tertiary/aromatic N) is 1. The number of aliphatic carboxylic acids is 1. The number of benzene rings is 2. The molecule has 2 aromatic carbocycles. The van der Waals surface area contributed by atoms with Crippen molar-refractivity contribution in [2.45, 2.75) is 32.2 Å². The molecule has 1 atom stereocenters. The number of hydrogen-bond donors (Lipinski definition) is 2. The van der Waals surface area contributed by atoms with Crippen molar-refractivity contribution in [3.8, 4) is 0 Å². The summed E-state index contributed by atoms with van der Waals surface area (Å²) in [5.74, 6) is -1.35. The molecule has 1 heterocycles. The molecular formula is C21H22N2O4. The molecule has 1 unspecified atom stereocenters. The first-order valence-electron chi connectivity index (χ1n) is 8.95. The van der Waals surface area contributed by atoms with Crippen molar-refractivity contribution >= 4 is 23.5 Å².